The number of hydrogen-bond acceptors (Lipinski definition) is 6. The molecule has 1 spiro atoms. The summed E-state index contributed by atoms with van der Waals surface area (Å²) >= 11 is 0. The van der Waals surface area contributed by atoms with Gasteiger partial charge in [-0.05, 0) is 62.7 Å². The Bertz CT molecular complexity index is 1130. The average molecular weight is 572 g/mol. The first-order valence-corrected chi connectivity index (χ1v) is 13.7. The molecule has 5 rings (SSSR count). The molecule has 0 unspecified atom stereocenters. The van der Waals surface area contributed by atoms with Gasteiger partial charge in [-0.2, -0.15) is 13.2 Å². The normalized spacial score (nSPS) is 31.6. The third kappa shape index (κ3) is 5.38. The lowest BCUT2D eigenvalue weighted by Gasteiger charge is -2.34. The summed E-state index contributed by atoms with van der Waals surface area (Å²) in [6.45, 7) is 5.22. The number of carbonyl (C=O) groups excluding carboxylic acids is 5. The highest BCUT2D eigenvalue weighted by Gasteiger charge is 2.70. The van der Waals surface area contributed by atoms with Crippen molar-refractivity contribution < 1.29 is 41.9 Å². The molecule has 5 amide bonds. The van der Waals surface area contributed by atoms with Gasteiger partial charge in [-0.1, -0.05) is 13.8 Å². The Morgan fingerprint density at radius 3 is 2.27 bits per heavy atom. The van der Waals surface area contributed by atoms with Gasteiger partial charge in [-0.3, -0.25) is 24.0 Å². The van der Waals surface area contributed by atoms with E-state index in [4.69, 9.17) is 10.5 Å². The molecular weight excluding hydrogens is 535 g/mol. The molecule has 40 heavy (non-hydrogen) atoms. The Kier molecular flexibility index (Phi) is 6.67. The number of fused-ring (bicyclic) bond motifs is 1. The van der Waals surface area contributed by atoms with Crippen molar-refractivity contribution in [2.45, 2.75) is 94.7 Å². The Labute approximate surface area is 229 Å². The van der Waals surface area contributed by atoms with Crippen LogP contribution in [0.4, 0.5) is 13.2 Å². The van der Waals surface area contributed by atoms with Gasteiger partial charge in [0.05, 0.1) is 12.2 Å². The topological polar surface area (TPSA) is 160 Å². The number of likely N-dealkylation sites (tertiary alicyclic amines) is 1. The van der Waals surface area contributed by atoms with E-state index in [1.807, 2.05) is 13.8 Å². The zero-order valence-electron chi connectivity index (χ0n) is 22.7. The van der Waals surface area contributed by atoms with E-state index in [0.29, 0.717) is 19.3 Å². The van der Waals surface area contributed by atoms with Crippen LogP contribution in [-0.2, 0) is 28.7 Å². The van der Waals surface area contributed by atoms with Crippen molar-refractivity contribution in [2.24, 2.45) is 28.9 Å². The van der Waals surface area contributed by atoms with E-state index in [-0.39, 0.29) is 41.7 Å². The van der Waals surface area contributed by atoms with Crippen molar-refractivity contribution in [3.63, 3.8) is 0 Å². The van der Waals surface area contributed by atoms with E-state index in [1.54, 1.807) is 12.2 Å². The molecule has 0 bridgehead atoms. The molecule has 3 aliphatic carbocycles. The predicted octanol–water partition coefficient (Wildman–Crippen LogP) is 0.115. The van der Waals surface area contributed by atoms with Gasteiger partial charge >= 0.3 is 12.1 Å². The average Bonchev–Trinajstić information content (AvgIpc) is 3.77. The van der Waals surface area contributed by atoms with Gasteiger partial charge in [0.2, 0.25) is 23.6 Å². The smallest absolute Gasteiger partial charge is 0.373 e. The lowest BCUT2D eigenvalue weighted by atomic mass is 9.94. The van der Waals surface area contributed by atoms with E-state index in [2.05, 4.69) is 10.6 Å². The summed E-state index contributed by atoms with van der Waals surface area (Å²) in [4.78, 5) is 64.9. The molecule has 0 aromatic heterocycles. The Morgan fingerprint density at radius 2 is 1.75 bits per heavy atom. The quantitative estimate of drug-likeness (QED) is 0.291. The largest absolute Gasteiger partial charge is 0.471 e. The number of piperidine rings is 1. The first-order chi connectivity index (χ1) is 18.5. The van der Waals surface area contributed by atoms with Crippen LogP contribution in [0.1, 0.15) is 59.3 Å². The molecule has 2 heterocycles. The highest BCUT2D eigenvalue weighted by Crippen LogP contribution is 2.65. The molecule has 5 fully saturated rings. The highest BCUT2D eigenvalue weighted by atomic mass is 19.4. The van der Waals surface area contributed by atoms with E-state index < -0.39 is 66.1 Å². The van der Waals surface area contributed by atoms with Gasteiger partial charge in [0.15, 0.2) is 0 Å². The van der Waals surface area contributed by atoms with Crippen molar-refractivity contribution in [3.05, 3.63) is 0 Å². The minimum atomic E-state index is -5.21. The number of primary amides is 1. The van der Waals surface area contributed by atoms with Crippen LogP contribution in [0.2, 0.25) is 0 Å². The molecule has 11 nitrogen and oxygen atoms in total. The summed E-state index contributed by atoms with van der Waals surface area (Å²) in [5, 5.41) is 7.29. The summed E-state index contributed by atoms with van der Waals surface area (Å²) in [6.07, 6.45) is -1.62. The Morgan fingerprint density at radius 1 is 1.10 bits per heavy atom. The van der Waals surface area contributed by atoms with Gasteiger partial charge in [0.25, 0.3) is 0 Å². The number of rotatable bonds is 10. The third-order valence-electron chi connectivity index (χ3n) is 9.60. The fourth-order valence-corrected chi connectivity index (χ4v) is 6.47. The lowest BCUT2D eigenvalue weighted by molar-refractivity contribution is -0.176. The second-order valence-corrected chi connectivity index (χ2v) is 13.0. The zero-order valence-corrected chi connectivity index (χ0v) is 22.7. The lowest BCUT2D eigenvalue weighted by Crippen LogP contribution is -2.60. The molecule has 2 aliphatic heterocycles. The molecule has 6 atom stereocenters. The van der Waals surface area contributed by atoms with Gasteiger partial charge < -0.3 is 31.3 Å². The van der Waals surface area contributed by atoms with Crippen LogP contribution in [0, 0.1) is 23.2 Å². The molecule has 5 N–H and O–H groups in total. The molecule has 222 valence electrons. The SMILES string of the molecule is CC1(OC[C@H](NC(=O)C(F)(F)F)C(=O)N2C[C@H]3[C@@H]([C@H]2C(=O)N[C@@H](C[C@@H]2CC4(CC4)NC2=O)C(N)=O)C3(C)C)CC1. The van der Waals surface area contributed by atoms with E-state index in [0.717, 1.165) is 12.8 Å². The number of carbonyl (C=O) groups is 5. The number of nitrogens with one attached hydrogen (secondary N) is 3. The van der Waals surface area contributed by atoms with Gasteiger partial charge in [0, 0.05) is 18.0 Å². The maximum Gasteiger partial charge on any atom is 0.471 e. The minimum absolute atomic E-state index is 0.00347. The molecule has 2 saturated heterocycles. The van der Waals surface area contributed by atoms with Crippen LogP contribution in [0.3, 0.4) is 0 Å². The second kappa shape index (κ2) is 9.31. The van der Waals surface area contributed by atoms with E-state index in [1.165, 1.54) is 4.90 Å². The summed E-state index contributed by atoms with van der Waals surface area (Å²) in [5.74, 6) is -5.77. The standard InChI is InChI=1S/C26H36F3N5O6/c1-23(2)13-10-34(21(38)15(11-40-24(3)4-5-24)32-22(39)26(27,28)29)17(16(13)23)20(37)31-14(18(30)35)8-12-9-25(6-7-25)33-19(12)36/h12-17H,4-11H2,1-3H3,(H2,30,35)(H,31,37)(H,32,39)(H,33,36)/t12-,13+,14+,15+,16+,17+/m1/s1. The van der Waals surface area contributed by atoms with E-state index in [9.17, 15) is 37.1 Å². The minimum Gasteiger partial charge on any atom is -0.373 e. The van der Waals surface area contributed by atoms with Crippen molar-refractivity contribution in [1.82, 2.24) is 20.9 Å². The van der Waals surface area contributed by atoms with Crippen LogP contribution < -0.4 is 21.7 Å². The summed E-state index contributed by atoms with van der Waals surface area (Å²) in [5.41, 5.74) is 4.44. The van der Waals surface area contributed by atoms with Crippen molar-refractivity contribution in [1.29, 1.82) is 0 Å². The molecule has 14 heteroatoms. The van der Waals surface area contributed by atoms with Crippen LogP contribution >= 0.6 is 0 Å². The maximum absolute atomic E-state index is 13.6. The second-order valence-electron chi connectivity index (χ2n) is 13.0. The van der Waals surface area contributed by atoms with Crippen LogP contribution in [0.25, 0.3) is 0 Å². The molecule has 0 aromatic carbocycles. The van der Waals surface area contributed by atoms with E-state index >= 15 is 0 Å². The van der Waals surface area contributed by atoms with Crippen molar-refractivity contribution in [2.75, 3.05) is 13.2 Å². The maximum atomic E-state index is 13.6. The monoisotopic (exact) mass is 571 g/mol. The zero-order chi connectivity index (χ0) is 29.4. The first-order valence-electron chi connectivity index (χ1n) is 13.7. The summed E-state index contributed by atoms with van der Waals surface area (Å²) < 4.78 is 44.8. The number of ether oxygens (including phenoxy) is 1. The van der Waals surface area contributed by atoms with Crippen LogP contribution in [0.5, 0.6) is 0 Å². The van der Waals surface area contributed by atoms with Gasteiger partial charge in [0.1, 0.15) is 18.1 Å². The predicted molar refractivity (Wildman–Crippen MR) is 132 cm³/mol. The molecule has 3 saturated carbocycles. The van der Waals surface area contributed by atoms with Gasteiger partial charge in [-0.15, -0.1) is 0 Å². The number of nitrogens with zero attached hydrogens (tertiary/aromatic N) is 1. The summed E-state index contributed by atoms with van der Waals surface area (Å²) in [7, 11) is 0. The van der Waals surface area contributed by atoms with Crippen LogP contribution in [-0.4, -0.2) is 83.0 Å². The van der Waals surface area contributed by atoms with Crippen molar-refractivity contribution in [3.8, 4) is 0 Å². The number of alkyl halides is 3. The fourth-order valence-electron chi connectivity index (χ4n) is 6.47. The molecule has 0 radical (unpaired) electrons. The highest BCUT2D eigenvalue weighted by molar-refractivity contribution is 5.96. The summed E-state index contributed by atoms with van der Waals surface area (Å²) in [6, 6.07) is -3.93. The number of halogens is 3. The third-order valence-corrected chi connectivity index (χ3v) is 9.60. The van der Waals surface area contributed by atoms with Crippen LogP contribution in [0.15, 0.2) is 0 Å². The number of amides is 5. The fraction of sp³-hybridized carbons (Fsp3) is 0.808. The van der Waals surface area contributed by atoms with Gasteiger partial charge in [-0.25, -0.2) is 0 Å². The Hall–Kier alpha value is -2.90. The molecule has 5 aliphatic rings. The first kappa shape index (κ1) is 28.6. The number of nitrogens with two attached hydrogens (primary N) is 1. The molecular formula is C26H36F3N5O6. The van der Waals surface area contributed by atoms with Crippen molar-refractivity contribution >= 4 is 29.5 Å². The number of hydrogen-bond donors (Lipinski definition) is 4. The molecule has 0 aromatic rings. The Balaban J connectivity index is 1.32.